The first-order valence-electron chi connectivity index (χ1n) is 6.24. The van der Waals surface area contributed by atoms with Gasteiger partial charge in [0.15, 0.2) is 0 Å². The van der Waals surface area contributed by atoms with E-state index in [4.69, 9.17) is 11.1 Å². The third-order valence-corrected chi connectivity index (χ3v) is 3.54. The highest BCUT2D eigenvalue weighted by atomic mass is 16.3. The van der Waals surface area contributed by atoms with Gasteiger partial charge in [-0.05, 0) is 39.2 Å². The van der Waals surface area contributed by atoms with E-state index in [-0.39, 0.29) is 5.84 Å². The van der Waals surface area contributed by atoms with Crippen molar-refractivity contribution in [2.24, 2.45) is 5.73 Å². The molecule has 1 heterocycles. The molecule has 94 valence electrons. The quantitative estimate of drug-likeness (QED) is 0.501. The van der Waals surface area contributed by atoms with Crippen molar-refractivity contribution in [3.8, 4) is 0 Å². The molecule has 0 spiro atoms. The lowest BCUT2D eigenvalue weighted by molar-refractivity contribution is 0.0430. The molecule has 1 aliphatic rings. The number of aliphatic hydroxyl groups is 1. The van der Waals surface area contributed by atoms with E-state index in [1.807, 2.05) is 6.92 Å². The minimum Gasteiger partial charge on any atom is -0.390 e. The lowest BCUT2D eigenvalue weighted by atomic mass is 9.98. The number of nitrogens with zero attached hydrogens (tertiary/aromatic N) is 1. The molecule has 4 nitrogen and oxygen atoms in total. The zero-order valence-corrected chi connectivity index (χ0v) is 10.5. The van der Waals surface area contributed by atoms with Crippen molar-refractivity contribution in [3.63, 3.8) is 0 Å². The molecule has 0 aromatic carbocycles. The number of nitrogens with one attached hydrogen (secondary N) is 1. The second-order valence-electron chi connectivity index (χ2n) is 5.18. The minimum atomic E-state index is -0.511. The fourth-order valence-corrected chi connectivity index (χ4v) is 2.43. The maximum absolute atomic E-state index is 10.0. The van der Waals surface area contributed by atoms with Gasteiger partial charge in [-0.2, -0.15) is 0 Å². The van der Waals surface area contributed by atoms with Crippen LogP contribution < -0.4 is 5.73 Å². The Kier molecular flexibility index (Phi) is 4.74. The van der Waals surface area contributed by atoms with Gasteiger partial charge in [-0.25, -0.2) is 0 Å². The summed E-state index contributed by atoms with van der Waals surface area (Å²) in [5.41, 5.74) is 4.96. The molecule has 2 unspecified atom stereocenters. The fourth-order valence-electron chi connectivity index (χ4n) is 2.43. The molecule has 1 aliphatic heterocycles. The predicted molar refractivity (Wildman–Crippen MR) is 66.7 cm³/mol. The number of hydrogen-bond donors (Lipinski definition) is 3. The Hall–Kier alpha value is -0.610. The summed E-state index contributed by atoms with van der Waals surface area (Å²) in [5.74, 6) is 0.267. The maximum Gasteiger partial charge on any atom is 0.0921 e. The Balaban J connectivity index is 2.54. The summed E-state index contributed by atoms with van der Waals surface area (Å²) < 4.78 is 0. The highest BCUT2D eigenvalue weighted by molar-refractivity contribution is 5.77. The van der Waals surface area contributed by atoms with Crippen molar-refractivity contribution >= 4 is 5.84 Å². The molecule has 4 N–H and O–H groups in total. The molecule has 0 aliphatic carbocycles. The van der Waals surface area contributed by atoms with Gasteiger partial charge in [-0.3, -0.25) is 10.3 Å². The van der Waals surface area contributed by atoms with E-state index in [0.717, 1.165) is 38.8 Å². The van der Waals surface area contributed by atoms with E-state index in [0.29, 0.717) is 12.5 Å². The average molecular weight is 227 g/mol. The summed E-state index contributed by atoms with van der Waals surface area (Å²) in [4.78, 5) is 2.38. The first-order chi connectivity index (χ1) is 7.44. The van der Waals surface area contributed by atoms with Gasteiger partial charge in [-0.1, -0.05) is 6.92 Å². The molecule has 1 saturated heterocycles. The number of rotatable bonds is 4. The van der Waals surface area contributed by atoms with Crippen LogP contribution in [0, 0.1) is 5.41 Å². The smallest absolute Gasteiger partial charge is 0.0921 e. The van der Waals surface area contributed by atoms with Crippen LogP contribution in [0.3, 0.4) is 0 Å². The summed E-state index contributed by atoms with van der Waals surface area (Å²) in [7, 11) is 0. The van der Waals surface area contributed by atoms with Crippen molar-refractivity contribution in [2.45, 2.75) is 57.6 Å². The van der Waals surface area contributed by atoms with Gasteiger partial charge in [0.2, 0.25) is 0 Å². The zero-order valence-electron chi connectivity index (χ0n) is 10.5. The second kappa shape index (κ2) is 5.64. The van der Waals surface area contributed by atoms with Crippen molar-refractivity contribution < 1.29 is 5.11 Å². The highest BCUT2D eigenvalue weighted by Crippen LogP contribution is 2.23. The van der Waals surface area contributed by atoms with E-state index >= 15 is 0 Å². The lowest BCUT2D eigenvalue weighted by Crippen LogP contribution is -2.39. The minimum absolute atomic E-state index is 0.267. The molecule has 1 fully saturated rings. The number of nitrogens with two attached hydrogens (primary N) is 1. The third kappa shape index (κ3) is 4.10. The van der Waals surface area contributed by atoms with Gasteiger partial charge in [0.25, 0.3) is 0 Å². The first kappa shape index (κ1) is 13.5. The zero-order chi connectivity index (χ0) is 12.2. The molecule has 0 aromatic rings. The van der Waals surface area contributed by atoms with Gasteiger partial charge in [0.1, 0.15) is 0 Å². The lowest BCUT2D eigenvalue weighted by Gasteiger charge is -2.30. The van der Waals surface area contributed by atoms with Crippen LogP contribution in [0.15, 0.2) is 0 Å². The Bertz CT molecular complexity index is 240. The topological polar surface area (TPSA) is 73.3 Å². The summed E-state index contributed by atoms with van der Waals surface area (Å²) >= 11 is 0. The Morgan fingerprint density at radius 1 is 1.50 bits per heavy atom. The van der Waals surface area contributed by atoms with Crippen LogP contribution in [0.5, 0.6) is 0 Å². The number of likely N-dealkylation sites (tertiary alicyclic amines) is 1. The predicted octanol–water partition coefficient (Wildman–Crippen LogP) is 1.33. The molecule has 2 atom stereocenters. The molecule has 0 aromatic heterocycles. The highest BCUT2D eigenvalue weighted by Gasteiger charge is 2.27. The van der Waals surface area contributed by atoms with Crippen LogP contribution in [-0.4, -0.2) is 40.6 Å². The second-order valence-corrected chi connectivity index (χ2v) is 5.18. The SMILES string of the molecule is CCC(CC(=N)N)N1CCCC(C)(O)CC1. The molecule has 1 rings (SSSR count). The molecular formula is C12H25N3O. The van der Waals surface area contributed by atoms with E-state index < -0.39 is 5.60 Å². The van der Waals surface area contributed by atoms with E-state index in [9.17, 15) is 5.11 Å². The van der Waals surface area contributed by atoms with E-state index in [1.165, 1.54) is 0 Å². The van der Waals surface area contributed by atoms with Crippen LogP contribution >= 0.6 is 0 Å². The fraction of sp³-hybridized carbons (Fsp3) is 0.917. The number of hydrogen-bond acceptors (Lipinski definition) is 3. The van der Waals surface area contributed by atoms with Crippen LogP contribution in [0.2, 0.25) is 0 Å². The molecule has 4 heteroatoms. The van der Waals surface area contributed by atoms with Crippen LogP contribution in [0.1, 0.15) is 46.0 Å². The number of amidine groups is 1. The van der Waals surface area contributed by atoms with Crippen molar-refractivity contribution in [1.82, 2.24) is 4.90 Å². The maximum atomic E-state index is 10.0. The van der Waals surface area contributed by atoms with E-state index in [2.05, 4.69) is 11.8 Å². The molecule has 0 bridgehead atoms. The molecule has 0 saturated carbocycles. The van der Waals surface area contributed by atoms with Gasteiger partial charge < -0.3 is 10.8 Å². The standard InChI is InChI=1S/C12H25N3O/c1-3-10(9-11(13)14)15-7-4-5-12(2,16)6-8-15/h10,16H,3-9H2,1-2H3,(H3,13,14). The van der Waals surface area contributed by atoms with Crippen LogP contribution in [0.4, 0.5) is 0 Å². The van der Waals surface area contributed by atoms with Crippen LogP contribution in [-0.2, 0) is 0 Å². The van der Waals surface area contributed by atoms with Gasteiger partial charge in [0, 0.05) is 19.0 Å². The summed E-state index contributed by atoms with van der Waals surface area (Å²) in [5, 5.41) is 17.4. The molecule has 0 radical (unpaired) electrons. The summed E-state index contributed by atoms with van der Waals surface area (Å²) in [6, 6.07) is 0.367. The third-order valence-electron chi connectivity index (χ3n) is 3.54. The van der Waals surface area contributed by atoms with Crippen molar-refractivity contribution in [2.75, 3.05) is 13.1 Å². The largest absolute Gasteiger partial charge is 0.390 e. The van der Waals surface area contributed by atoms with Gasteiger partial charge in [0.05, 0.1) is 11.4 Å². The average Bonchev–Trinajstić information content (AvgIpc) is 2.35. The van der Waals surface area contributed by atoms with Crippen LogP contribution in [0.25, 0.3) is 0 Å². The molecular weight excluding hydrogens is 202 g/mol. The Morgan fingerprint density at radius 2 is 2.19 bits per heavy atom. The Labute approximate surface area is 98.3 Å². The summed E-state index contributed by atoms with van der Waals surface area (Å²) in [6.45, 7) is 5.99. The monoisotopic (exact) mass is 227 g/mol. The van der Waals surface area contributed by atoms with Gasteiger partial charge in [-0.15, -0.1) is 0 Å². The normalized spacial score (nSPS) is 29.7. The van der Waals surface area contributed by atoms with Crippen molar-refractivity contribution in [3.05, 3.63) is 0 Å². The molecule has 16 heavy (non-hydrogen) atoms. The van der Waals surface area contributed by atoms with Gasteiger partial charge >= 0.3 is 0 Å². The molecule has 0 amide bonds. The van der Waals surface area contributed by atoms with E-state index in [1.54, 1.807) is 0 Å². The summed E-state index contributed by atoms with van der Waals surface area (Å²) in [6.07, 6.45) is 4.39. The first-order valence-corrected chi connectivity index (χ1v) is 6.24. The Morgan fingerprint density at radius 3 is 2.75 bits per heavy atom. The van der Waals surface area contributed by atoms with Crippen molar-refractivity contribution in [1.29, 1.82) is 5.41 Å².